The van der Waals surface area contributed by atoms with E-state index in [2.05, 4.69) is 15.5 Å². The maximum absolute atomic E-state index is 5.53. The lowest BCUT2D eigenvalue weighted by Gasteiger charge is -1.94. The molecule has 0 amide bonds. The quantitative estimate of drug-likeness (QED) is 0.692. The van der Waals surface area contributed by atoms with Gasteiger partial charge in [-0.25, -0.2) is 0 Å². The molecule has 0 unspecified atom stereocenters. The molecule has 1 aliphatic rings. The maximum Gasteiger partial charge on any atom is 0.216 e. The zero-order valence-electron chi connectivity index (χ0n) is 8.62. The number of nitrogens with one attached hydrogen (secondary N) is 1. The average Bonchev–Trinajstić information content (AvgIpc) is 2.87. The van der Waals surface area contributed by atoms with Crippen LogP contribution in [0.25, 0.3) is 0 Å². The van der Waals surface area contributed by atoms with Crippen LogP contribution >= 0.6 is 0 Å². The van der Waals surface area contributed by atoms with Crippen LogP contribution in [-0.4, -0.2) is 23.8 Å². The van der Waals surface area contributed by atoms with Crippen LogP contribution in [0.4, 0.5) is 0 Å². The van der Waals surface area contributed by atoms with Crippen LogP contribution in [-0.2, 0) is 12.8 Å². The van der Waals surface area contributed by atoms with Gasteiger partial charge in [0.15, 0.2) is 0 Å². The minimum absolute atomic E-state index is 0.788. The van der Waals surface area contributed by atoms with E-state index in [0.29, 0.717) is 0 Å². The predicted octanol–water partition coefficient (Wildman–Crippen LogP) is 1.17. The van der Waals surface area contributed by atoms with E-state index in [1.165, 1.54) is 12.8 Å². The van der Waals surface area contributed by atoms with Crippen molar-refractivity contribution in [3.63, 3.8) is 0 Å². The Balaban J connectivity index is 1.76. The third-order valence-electron chi connectivity index (χ3n) is 2.49. The highest BCUT2D eigenvalue weighted by molar-refractivity contribution is 4.88. The topological polar surface area (TPSA) is 51.0 Å². The summed E-state index contributed by atoms with van der Waals surface area (Å²) >= 11 is 0. The van der Waals surface area contributed by atoms with Crippen molar-refractivity contribution in [1.29, 1.82) is 0 Å². The Morgan fingerprint density at radius 1 is 1.36 bits per heavy atom. The third kappa shape index (κ3) is 2.80. The molecule has 2 rings (SSSR count). The van der Waals surface area contributed by atoms with Crippen molar-refractivity contribution < 1.29 is 4.42 Å². The van der Waals surface area contributed by atoms with Gasteiger partial charge in [0.25, 0.3) is 0 Å². The Labute approximate surface area is 84.1 Å². The van der Waals surface area contributed by atoms with Gasteiger partial charge >= 0.3 is 0 Å². The minimum Gasteiger partial charge on any atom is -0.425 e. The number of hydrogen-bond acceptors (Lipinski definition) is 4. The second-order valence-electron chi connectivity index (χ2n) is 3.94. The van der Waals surface area contributed by atoms with Crippen molar-refractivity contribution in [3.05, 3.63) is 11.8 Å². The maximum atomic E-state index is 5.53. The third-order valence-corrected chi connectivity index (χ3v) is 2.49. The molecule has 0 radical (unpaired) electrons. The van der Waals surface area contributed by atoms with E-state index in [0.717, 1.165) is 43.5 Å². The number of aryl methyl sites for hydroxylation is 1. The molecule has 1 aromatic heterocycles. The molecular weight excluding hydrogens is 178 g/mol. The Morgan fingerprint density at radius 2 is 2.14 bits per heavy atom. The Kier molecular flexibility index (Phi) is 3.14. The van der Waals surface area contributed by atoms with Gasteiger partial charge in [0.2, 0.25) is 11.8 Å². The molecule has 0 aliphatic heterocycles. The molecule has 1 fully saturated rings. The van der Waals surface area contributed by atoms with Gasteiger partial charge in [0, 0.05) is 12.8 Å². The smallest absolute Gasteiger partial charge is 0.216 e. The standard InChI is InChI=1S/C10H17N3O/c1-11-6-2-3-9-12-13-10(14-9)7-8-4-5-8/h8,11H,2-7H2,1H3. The predicted molar refractivity (Wildman–Crippen MR) is 53.0 cm³/mol. The fraction of sp³-hybridized carbons (Fsp3) is 0.800. The highest BCUT2D eigenvalue weighted by Gasteiger charge is 2.24. The normalized spacial score (nSPS) is 16.1. The molecule has 14 heavy (non-hydrogen) atoms. The van der Waals surface area contributed by atoms with Gasteiger partial charge in [-0.3, -0.25) is 0 Å². The summed E-state index contributed by atoms with van der Waals surface area (Å²) in [7, 11) is 1.95. The van der Waals surface area contributed by atoms with Gasteiger partial charge in [-0.1, -0.05) is 0 Å². The van der Waals surface area contributed by atoms with Gasteiger partial charge in [-0.2, -0.15) is 0 Å². The number of nitrogens with zero attached hydrogens (tertiary/aromatic N) is 2. The molecule has 1 saturated carbocycles. The van der Waals surface area contributed by atoms with Crippen LogP contribution in [0.15, 0.2) is 4.42 Å². The lowest BCUT2D eigenvalue weighted by Crippen LogP contribution is -2.08. The Hall–Kier alpha value is -0.900. The van der Waals surface area contributed by atoms with E-state index in [9.17, 15) is 0 Å². The lowest BCUT2D eigenvalue weighted by molar-refractivity contribution is 0.435. The molecule has 0 bridgehead atoms. The van der Waals surface area contributed by atoms with Crippen LogP contribution in [0, 0.1) is 5.92 Å². The summed E-state index contributed by atoms with van der Waals surface area (Å²) in [6.45, 7) is 1.00. The van der Waals surface area contributed by atoms with Crippen molar-refractivity contribution in [1.82, 2.24) is 15.5 Å². The molecule has 0 saturated heterocycles. The van der Waals surface area contributed by atoms with Crippen LogP contribution in [0.3, 0.4) is 0 Å². The second kappa shape index (κ2) is 4.55. The first-order valence-corrected chi connectivity index (χ1v) is 5.34. The van der Waals surface area contributed by atoms with Gasteiger partial charge < -0.3 is 9.73 Å². The molecule has 78 valence electrons. The average molecular weight is 195 g/mol. The number of aromatic nitrogens is 2. The zero-order chi connectivity index (χ0) is 9.80. The summed E-state index contributed by atoms with van der Waals surface area (Å²) in [5, 5.41) is 11.2. The van der Waals surface area contributed by atoms with E-state index in [4.69, 9.17) is 4.42 Å². The van der Waals surface area contributed by atoms with Crippen molar-refractivity contribution in [2.24, 2.45) is 5.92 Å². The molecule has 1 aliphatic carbocycles. The zero-order valence-corrected chi connectivity index (χ0v) is 8.62. The van der Waals surface area contributed by atoms with E-state index >= 15 is 0 Å². The SMILES string of the molecule is CNCCCc1nnc(CC2CC2)o1. The molecule has 0 atom stereocenters. The molecule has 4 nitrogen and oxygen atoms in total. The summed E-state index contributed by atoms with van der Waals surface area (Å²) in [4.78, 5) is 0. The first kappa shape index (κ1) is 9.65. The fourth-order valence-electron chi connectivity index (χ4n) is 1.46. The van der Waals surface area contributed by atoms with Crippen molar-refractivity contribution in [2.45, 2.75) is 32.1 Å². The number of hydrogen-bond donors (Lipinski definition) is 1. The van der Waals surface area contributed by atoms with E-state index in [-0.39, 0.29) is 0 Å². The highest BCUT2D eigenvalue weighted by Crippen LogP contribution is 2.32. The van der Waals surface area contributed by atoms with Crippen LogP contribution in [0.2, 0.25) is 0 Å². The summed E-state index contributed by atoms with van der Waals surface area (Å²) < 4.78 is 5.53. The summed E-state index contributed by atoms with van der Waals surface area (Å²) in [5.41, 5.74) is 0. The van der Waals surface area contributed by atoms with Crippen LogP contribution < -0.4 is 5.32 Å². The Morgan fingerprint density at radius 3 is 2.86 bits per heavy atom. The van der Waals surface area contributed by atoms with Gasteiger partial charge in [0.1, 0.15) is 0 Å². The summed E-state index contributed by atoms with van der Waals surface area (Å²) in [6, 6.07) is 0. The van der Waals surface area contributed by atoms with Crippen molar-refractivity contribution >= 4 is 0 Å². The summed E-state index contributed by atoms with van der Waals surface area (Å²) in [6.07, 6.45) is 5.59. The molecule has 1 aromatic rings. The van der Waals surface area contributed by atoms with E-state index < -0.39 is 0 Å². The number of rotatable bonds is 6. The molecule has 0 aromatic carbocycles. The van der Waals surface area contributed by atoms with Crippen molar-refractivity contribution in [3.8, 4) is 0 Å². The monoisotopic (exact) mass is 195 g/mol. The highest BCUT2D eigenvalue weighted by atomic mass is 16.4. The lowest BCUT2D eigenvalue weighted by atomic mass is 10.3. The molecular formula is C10H17N3O. The van der Waals surface area contributed by atoms with E-state index in [1.54, 1.807) is 0 Å². The van der Waals surface area contributed by atoms with E-state index in [1.807, 2.05) is 7.05 Å². The van der Waals surface area contributed by atoms with Gasteiger partial charge in [0.05, 0.1) is 0 Å². The Bertz CT molecular complexity index is 281. The van der Waals surface area contributed by atoms with Gasteiger partial charge in [-0.05, 0) is 38.8 Å². The minimum atomic E-state index is 0.788. The fourth-order valence-corrected chi connectivity index (χ4v) is 1.46. The largest absolute Gasteiger partial charge is 0.425 e. The molecule has 1 N–H and O–H groups in total. The second-order valence-corrected chi connectivity index (χ2v) is 3.94. The van der Waals surface area contributed by atoms with Crippen LogP contribution in [0.5, 0.6) is 0 Å². The first-order valence-electron chi connectivity index (χ1n) is 5.34. The van der Waals surface area contributed by atoms with Crippen LogP contribution in [0.1, 0.15) is 31.0 Å². The molecule has 0 spiro atoms. The molecule has 1 heterocycles. The van der Waals surface area contributed by atoms with Gasteiger partial charge in [-0.15, -0.1) is 10.2 Å². The van der Waals surface area contributed by atoms with Crippen molar-refractivity contribution in [2.75, 3.05) is 13.6 Å². The first-order chi connectivity index (χ1) is 6.88. The summed E-state index contributed by atoms with van der Waals surface area (Å²) in [5.74, 6) is 2.43. The molecule has 4 heteroatoms.